The fraction of sp³-hybridized carbons (Fsp3) is 0.812. The van der Waals surface area contributed by atoms with Gasteiger partial charge in [-0.1, -0.05) is 6.92 Å². The summed E-state index contributed by atoms with van der Waals surface area (Å²) in [5, 5.41) is 7.31. The number of aromatic nitrogens is 3. The number of hydrogen-bond acceptors (Lipinski definition) is 4. The Morgan fingerprint density at radius 2 is 2.14 bits per heavy atom. The number of likely N-dealkylation sites (tertiary alicyclic amines) is 1. The van der Waals surface area contributed by atoms with Crippen LogP contribution < -0.4 is 0 Å². The van der Waals surface area contributed by atoms with Gasteiger partial charge in [0.15, 0.2) is 5.82 Å². The van der Waals surface area contributed by atoms with E-state index in [-0.39, 0.29) is 17.9 Å². The molecule has 2 atom stereocenters. The Labute approximate surface area is 131 Å². The van der Waals surface area contributed by atoms with Crippen LogP contribution in [0.1, 0.15) is 57.1 Å². The van der Waals surface area contributed by atoms with E-state index in [1.54, 1.807) is 0 Å². The van der Waals surface area contributed by atoms with Crippen LogP contribution in [0.3, 0.4) is 0 Å². The average molecular weight is 306 g/mol. The molecule has 2 saturated heterocycles. The molecular formula is C16H26N4O2. The molecule has 2 aliphatic rings. The average Bonchev–Trinajstić information content (AvgIpc) is 3.04. The number of carbonyl (C=O) groups excluding carboxylic acids is 1. The van der Waals surface area contributed by atoms with Gasteiger partial charge in [0.1, 0.15) is 5.82 Å². The Morgan fingerprint density at radius 1 is 1.36 bits per heavy atom. The molecule has 0 aromatic carbocycles. The third-order valence-corrected chi connectivity index (χ3v) is 4.98. The van der Waals surface area contributed by atoms with Gasteiger partial charge in [-0.2, -0.15) is 5.10 Å². The van der Waals surface area contributed by atoms with Crippen LogP contribution in [0.2, 0.25) is 0 Å². The smallest absolute Gasteiger partial charge is 0.228 e. The van der Waals surface area contributed by atoms with Gasteiger partial charge in [0, 0.05) is 32.0 Å². The zero-order valence-corrected chi connectivity index (χ0v) is 13.5. The van der Waals surface area contributed by atoms with E-state index in [9.17, 15) is 4.79 Å². The van der Waals surface area contributed by atoms with Gasteiger partial charge < -0.3 is 9.64 Å². The third kappa shape index (κ3) is 3.16. The van der Waals surface area contributed by atoms with Crippen molar-refractivity contribution in [3.63, 3.8) is 0 Å². The van der Waals surface area contributed by atoms with E-state index >= 15 is 0 Å². The number of amides is 1. The molecule has 2 aliphatic heterocycles. The first-order valence-corrected chi connectivity index (χ1v) is 8.50. The van der Waals surface area contributed by atoms with Crippen molar-refractivity contribution in [1.82, 2.24) is 20.1 Å². The minimum Gasteiger partial charge on any atom is -0.378 e. The fourth-order valence-electron chi connectivity index (χ4n) is 3.49. The number of H-pyrrole nitrogens is 1. The molecule has 22 heavy (non-hydrogen) atoms. The molecule has 6 heteroatoms. The molecule has 1 amide bonds. The minimum absolute atomic E-state index is 0.0421. The largest absolute Gasteiger partial charge is 0.378 e. The Balaban J connectivity index is 1.55. The fourth-order valence-corrected chi connectivity index (χ4v) is 3.49. The predicted molar refractivity (Wildman–Crippen MR) is 82.5 cm³/mol. The third-order valence-electron chi connectivity index (χ3n) is 4.98. The molecule has 0 aliphatic carbocycles. The van der Waals surface area contributed by atoms with E-state index in [0.717, 1.165) is 63.4 Å². The monoisotopic (exact) mass is 306 g/mol. The highest BCUT2D eigenvalue weighted by atomic mass is 16.5. The van der Waals surface area contributed by atoms with Crippen molar-refractivity contribution in [2.75, 3.05) is 19.7 Å². The first-order chi connectivity index (χ1) is 10.7. The minimum atomic E-state index is 0.0421. The Kier molecular flexibility index (Phi) is 4.76. The summed E-state index contributed by atoms with van der Waals surface area (Å²) >= 11 is 0. The zero-order valence-electron chi connectivity index (χ0n) is 13.5. The first-order valence-electron chi connectivity index (χ1n) is 8.50. The summed E-state index contributed by atoms with van der Waals surface area (Å²) < 4.78 is 5.64. The number of nitrogens with zero attached hydrogens (tertiary/aromatic N) is 3. The lowest BCUT2D eigenvalue weighted by atomic mass is 9.91. The van der Waals surface area contributed by atoms with Crippen molar-refractivity contribution in [2.45, 2.75) is 58.0 Å². The maximum atomic E-state index is 12.7. The second-order valence-electron chi connectivity index (χ2n) is 6.42. The van der Waals surface area contributed by atoms with Gasteiger partial charge in [0.25, 0.3) is 0 Å². The highest BCUT2D eigenvalue weighted by Crippen LogP contribution is 2.29. The summed E-state index contributed by atoms with van der Waals surface area (Å²) in [5.41, 5.74) is 0. The van der Waals surface area contributed by atoms with Crippen LogP contribution in [0.5, 0.6) is 0 Å². The number of hydrogen-bond donors (Lipinski definition) is 1. The van der Waals surface area contributed by atoms with Crippen LogP contribution in [-0.2, 0) is 16.0 Å². The zero-order chi connectivity index (χ0) is 15.5. The van der Waals surface area contributed by atoms with Gasteiger partial charge in [-0.05, 0) is 32.6 Å². The summed E-state index contributed by atoms with van der Waals surface area (Å²) in [6.45, 7) is 6.50. The molecule has 2 fully saturated rings. The van der Waals surface area contributed by atoms with E-state index in [0.29, 0.717) is 5.92 Å². The molecular weight excluding hydrogens is 280 g/mol. The van der Waals surface area contributed by atoms with Gasteiger partial charge >= 0.3 is 0 Å². The molecule has 0 unspecified atom stereocenters. The van der Waals surface area contributed by atoms with E-state index in [4.69, 9.17) is 4.74 Å². The second-order valence-corrected chi connectivity index (χ2v) is 6.42. The number of carbonyl (C=O) groups is 1. The Bertz CT molecular complexity index is 508. The SMILES string of the molecule is CCc1nc(C2CCN(C(=O)[C@@H]3CCCO[C@@H]3C)CC2)n[nH]1. The molecule has 3 rings (SSSR count). The van der Waals surface area contributed by atoms with E-state index in [1.165, 1.54) is 0 Å². The van der Waals surface area contributed by atoms with Crippen LogP contribution in [0.25, 0.3) is 0 Å². The molecule has 122 valence electrons. The quantitative estimate of drug-likeness (QED) is 0.925. The Hall–Kier alpha value is -1.43. The van der Waals surface area contributed by atoms with E-state index < -0.39 is 0 Å². The van der Waals surface area contributed by atoms with Crippen LogP contribution >= 0.6 is 0 Å². The lowest BCUT2D eigenvalue weighted by molar-refractivity contribution is -0.145. The van der Waals surface area contributed by atoms with Crippen molar-refractivity contribution in [3.05, 3.63) is 11.6 Å². The summed E-state index contributed by atoms with van der Waals surface area (Å²) in [5.74, 6) is 2.55. The molecule has 1 aromatic heterocycles. The predicted octanol–water partition coefficient (Wildman–Crippen LogP) is 1.89. The lowest BCUT2D eigenvalue weighted by Crippen LogP contribution is -2.46. The topological polar surface area (TPSA) is 71.1 Å². The van der Waals surface area contributed by atoms with Gasteiger partial charge in [-0.25, -0.2) is 4.98 Å². The number of piperidine rings is 1. The summed E-state index contributed by atoms with van der Waals surface area (Å²) in [7, 11) is 0. The summed E-state index contributed by atoms with van der Waals surface area (Å²) in [6, 6.07) is 0. The maximum absolute atomic E-state index is 12.7. The highest BCUT2D eigenvalue weighted by Gasteiger charge is 2.34. The molecule has 0 spiro atoms. The molecule has 0 radical (unpaired) electrons. The standard InChI is InChI=1S/C16H26N4O2/c1-3-14-17-15(19-18-14)12-6-8-20(9-7-12)16(21)13-5-4-10-22-11(13)2/h11-13H,3-10H2,1-2H3,(H,17,18,19)/t11-,13-/m1/s1. The van der Waals surface area contributed by atoms with Crippen molar-refractivity contribution in [2.24, 2.45) is 5.92 Å². The van der Waals surface area contributed by atoms with Crippen LogP contribution in [-0.4, -0.2) is 51.8 Å². The van der Waals surface area contributed by atoms with Crippen molar-refractivity contribution in [1.29, 1.82) is 0 Å². The molecule has 0 saturated carbocycles. The number of ether oxygens (including phenoxy) is 1. The van der Waals surface area contributed by atoms with Crippen molar-refractivity contribution < 1.29 is 9.53 Å². The van der Waals surface area contributed by atoms with E-state index in [1.807, 2.05) is 11.8 Å². The summed E-state index contributed by atoms with van der Waals surface area (Å²) in [4.78, 5) is 19.2. The van der Waals surface area contributed by atoms with Crippen molar-refractivity contribution >= 4 is 5.91 Å². The number of aromatic amines is 1. The molecule has 3 heterocycles. The van der Waals surface area contributed by atoms with Crippen molar-refractivity contribution in [3.8, 4) is 0 Å². The number of nitrogens with one attached hydrogen (secondary N) is 1. The summed E-state index contributed by atoms with van der Waals surface area (Å²) in [6.07, 6.45) is 4.79. The number of aryl methyl sites for hydroxylation is 1. The van der Waals surface area contributed by atoms with Gasteiger partial charge in [0.05, 0.1) is 12.0 Å². The highest BCUT2D eigenvalue weighted by molar-refractivity contribution is 5.79. The van der Waals surface area contributed by atoms with Gasteiger partial charge in [-0.3, -0.25) is 9.89 Å². The van der Waals surface area contributed by atoms with Crippen LogP contribution in [0.15, 0.2) is 0 Å². The van der Waals surface area contributed by atoms with Crippen LogP contribution in [0, 0.1) is 5.92 Å². The Morgan fingerprint density at radius 3 is 2.77 bits per heavy atom. The first kappa shape index (κ1) is 15.5. The molecule has 1 N–H and O–H groups in total. The second kappa shape index (κ2) is 6.77. The normalized spacial score (nSPS) is 27.1. The number of rotatable bonds is 3. The van der Waals surface area contributed by atoms with Gasteiger partial charge in [-0.15, -0.1) is 0 Å². The molecule has 0 bridgehead atoms. The lowest BCUT2D eigenvalue weighted by Gasteiger charge is -2.36. The van der Waals surface area contributed by atoms with Gasteiger partial charge in [0.2, 0.25) is 5.91 Å². The molecule has 6 nitrogen and oxygen atoms in total. The molecule has 1 aromatic rings. The van der Waals surface area contributed by atoms with E-state index in [2.05, 4.69) is 22.1 Å². The maximum Gasteiger partial charge on any atom is 0.228 e. The van der Waals surface area contributed by atoms with Crippen LogP contribution in [0.4, 0.5) is 0 Å².